The van der Waals surface area contributed by atoms with E-state index in [2.05, 4.69) is 35.1 Å². The van der Waals surface area contributed by atoms with E-state index in [4.69, 9.17) is 0 Å². The van der Waals surface area contributed by atoms with Crippen molar-refractivity contribution in [2.75, 3.05) is 36.4 Å². The molecule has 0 radical (unpaired) electrons. The smallest absolute Gasteiger partial charge is 0.308 e. The first-order chi connectivity index (χ1) is 21.2. The zero-order valence-electron chi connectivity index (χ0n) is 26.5. The number of halogens is 3. The van der Waals surface area contributed by atoms with Crippen LogP contribution in [-0.4, -0.2) is 68.8 Å². The zero-order valence-corrected chi connectivity index (χ0v) is 26.5. The van der Waals surface area contributed by atoms with E-state index in [1.54, 1.807) is 15.7 Å². The van der Waals surface area contributed by atoms with Gasteiger partial charge in [-0.25, -0.2) is 18.2 Å². The fourth-order valence-corrected chi connectivity index (χ4v) is 6.40. The Morgan fingerprint density at radius 3 is 2.56 bits per heavy atom. The molecular weight excluding hydrogens is 583 g/mol. The van der Waals surface area contributed by atoms with Gasteiger partial charge >= 0.3 is 5.97 Å². The number of amides is 1. The van der Waals surface area contributed by atoms with Crippen molar-refractivity contribution in [3.8, 4) is 0 Å². The van der Waals surface area contributed by atoms with E-state index >= 15 is 4.39 Å². The lowest BCUT2D eigenvalue weighted by Gasteiger charge is -2.34. The minimum atomic E-state index is -2.52. The maximum atomic E-state index is 17.0. The predicted molar refractivity (Wildman–Crippen MR) is 167 cm³/mol. The van der Waals surface area contributed by atoms with Gasteiger partial charge in [-0.1, -0.05) is 32.0 Å². The lowest BCUT2D eigenvalue weighted by atomic mass is 9.85. The molecule has 8 nitrogen and oxygen atoms in total. The molecule has 2 saturated heterocycles. The molecule has 45 heavy (non-hydrogen) atoms. The number of piperidine rings is 1. The summed E-state index contributed by atoms with van der Waals surface area (Å²) in [6, 6.07) is 9.13. The lowest BCUT2D eigenvalue weighted by molar-refractivity contribution is -0.142. The van der Waals surface area contributed by atoms with Crippen LogP contribution in [0.4, 0.5) is 24.8 Å². The van der Waals surface area contributed by atoms with Crippen LogP contribution in [0.2, 0.25) is 0 Å². The maximum Gasteiger partial charge on any atom is 0.308 e. The summed E-state index contributed by atoms with van der Waals surface area (Å²) in [5.74, 6) is -4.67. The van der Waals surface area contributed by atoms with Crippen LogP contribution in [0.15, 0.2) is 48.8 Å². The first-order valence-corrected chi connectivity index (χ1v) is 15.5. The number of carbonyl (C=O) groups excluding carboxylic acids is 1. The molecule has 2 aromatic carbocycles. The first kappa shape index (κ1) is 32.5. The Balaban J connectivity index is 1.43. The number of carboxylic acid groups (broad SMARTS) is 1. The number of nitrogens with zero attached hydrogens (tertiary/aromatic N) is 4. The highest BCUT2D eigenvalue weighted by Gasteiger charge is 2.56. The van der Waals surface area contributed by atoms with Crippen LogP contribution >= 0.6 is 0 Å². The van der Waals surface area contributed by atoms with Crippen molar-refractivity contribution in [1.82, 2.24) is 14.5 Å². The van der Waals surface area contributed by atoms with Gasteiger partial charge in [0.15, 0.2) is 0 Å². The number of carbonyl (C=O) groups is 2. The molecule has 2 aliphatic rings. The summed E-state index contributed by atoms with van der Waals surface area (Å²) in [6.45, 7) is 11.1. The Morgan fingerprint density at radius 2 is 1.89 bits per heavy atom. The number of nitrogens with one attached hydrogen (secondary N) is 1. The lowest BCUT2D eigenvalue weighted by Crippen LogP contribution is -2.47. The number of likely N-dealkylation sites (tertiary alicyclic amines) is 1. The highest BCUT2D eigenvalue weighted by molar-refractivity contribution is 5.97. The van der Waals surface area contributed by atoms with E-state index < -0.39 is 46.6 Å². The van der Waals surface area contributed by atoms with Gasteiger partial charge in [0.05, 0.1) is 12.5 Å². The predicted octanol–water partition coefficient (Wildman–Crippen LogP) is 6.18. The molecule has 3 aromatic rings. The van der Waals surface area contributed by atoms with Gasteiger partial charge in [0, 0.05) is 61.8 Å². The van der Waals surface area contributed by atoms with E-state index in [9.17, 15) is 23.5 Å². The Bertz CT molecular complexity index is 1570. The summed E-state index contributed by atoms with van der Waals surface area (Å²) in [6.07, 6.45) is 4.58. The van der Waals surface area contributed by atoms with Gasteiger partial charge in [0.25, 0.3) is 5.91 Å². The third kappa shape index (κ3) is 6.73. The van der Waals surface area contributed by atoms with Crippen LogP contribution in [0.3, 0.4) is 0 Å². The molecule has 2 N–H and O–H groups in total. The molecule has 3 heterocycles. The second kappa shape index (κ2) is 12.5. The fourth-order valence-electron chi connectivity index (χ4n) is 6.40. The quantitative estimate of drug-likeness (QED) is 0.311. The number of benzene rings is 2. The third-order valence-electron chi connectivity index (χ3n) is 9.21. The second-order valence-electron chi connectivity index (χ2n) is 13.6. The van der Waals surface area contributed by atoms with Crippen LogP contribution in [0.5, 0.6) is 0 Å². The number of imidazole rings is 1. The summed E-state index contributed by atoms with van der Waals surface area (Å²) < 4.78 is 47.4. The number of aliphatic carboxylic acids is 1. The van der Waals surface area contributed by atoms with E-state index in [1.807, 2.05) is 32.9 Å². The SMILES string of the molecule is CC(C)c1ccc(Cn2ccnc2NC(=O)[C@]2(F)CN(C(C)(C)C)C[C@H]2c2ccc(F)cc2F)c(N2CCC[C@@H](C(=O)O)C2)c1. The van der Waals surface area contributed by atoms with Gasteiger partial charge in [0.2, 0.25) is 11.6 Å². The minimum absolute atomic E-state index is 0.0553. The topological polar surface area (TPSA) is 90.7 Å². The molecule has 242 valence electrons. The van der Waals surface area contributed by atoms with Crippen molar-refractivity contribution in [3.63, 3.8) is 0 Å². The zero-order chi connectivity index (χ0) is 32.7. The summed E-state index contributed by atoms with van der Waals surface area (Å²) >= 11 is 0. The molecule has 3 atom stereocenters. The van der Waals surface area contributed by atoms with E-state index in [0.29, 0.717) is 25.6 Å². The Morgan fingerprint density at radius 1 is 1.13 bits per heavy atom. The normalized spacial score (nSPS) is 22.6. The number of rotatable bonds is 8. The monoisotopic (exact) mass is 625 g/mol. The van der Waals surface area contributed by atoms with Crippen LogP contribution in [0, 0.1) is 17.6 Å². The van der Waals surface area contributed by atoms with Crippen LogP contribution in [0.1, 0.15) is 76.0 Å². The number of anilines is 2. The number of aromatic nitrogens is 2. The van der Waals surface area contributed by atoms with Crippen molar-refractivity contribution < 1.29 is 27.9 Å². The van der Waals surface area contributed by atoms with Gasteiger partial charge < -0.3 is 14.6 Å². The molecule has 2 fully saturated rings. The van der Waals surface area contributed by atoms with Crippen molar-refractivity contribution in [1.29, 1.82) is 0 Å². The molecule has 5 rings (SSSR count). The van der Waals surface area contributed by atoms with E-state index in [1.165, 1.54) is 12.3 Å². The molecule has 2 aliphatic heterocycles. The summed E-state index contributed by atoms with van der Waals surface area (Å²) in [4.78, 5) is 33.8. The highest BCUT2D eigenvalue weighted by atomic mass is 19.1. The second-order valence-corrected chi connectivity index (χ2v) is 13.6. The fraction of sp³-hybridized carbons (Fsp3) is 0.500. The van der Waals surface area contributed by atoms with Crippen LogP contribution < -0.4 is 10.2 Å². The number of alkyl halides is 1. The van der Waals surface area contributed by atoms with Crippen molar-refractivity contribution in [2.24, 2.45) is 5.92 Å². The summed E-state index contributed by atoms with van der Waals surface area (Å²) in [7, 11) is 0. The summed E-state index contributed by atoms with van der Waals surface area (Å²) in [5.41, 5.74) is -0.141. The molecule has 11 heteroatoms. The van der Waals surface area contributed by atoms with Gasteiger partial charge in [0.1, 0.15) is 11.6 Å². The standard InChI is InChI=1S/C34H42F3N5O3/c1-21(2)22-8-9-23(29(15-22)40-13-6-7-24(18-40)30(43)44)17-41-14-12-38-32(41)39-31(45)34(37)20-42(33(3,4)5)19-27(34)26-11-10-25(35)16-28(26)36/h8-12,14-16,21,24,27H,6-7,13,17-20H2,1-5H3,(H,43,44)(H,38,39,45)/t24-,27+,34+/m1/s1. The van der Waals surface area contributed by atoms with E-state index in [-0.39, 0.29) is 30.5 Å². The van der Waals surface area contributed by atoms with Crippen molar-refractivity contribution in [3.05, 3.63) is 77.1 Å². The molecule has 0 spiro atoms. The summed E-state index contributed by atoms with van der Waals surface area (Å²) in [5, 5.41) is 12.4. The number of hydrogen-bond donors (Lipinski definition) is 2. The number of hydrogen-bond acceptors (Lipinski definition) is 5. The van der Waals surface area contributed by atoms with Crippen molar-refractivity contribution >= 4 is 23.5 Å². The van der Waals surface area contributed by atoms with E-state index in [0.717, 1.165) is 35.8 Å². The Kier molecular flexibility index (Phi) is 9.04. The molecule has 1 aromatic heterocycles. The van der Waals surface area contributed by atoms with Crippen LogP contribution in [0.25, 0.3) is 0 Å². The van der Waals surface area contributed by atoms with Crippen LogP contribution in [-0.2, 0) is 16.1 Å². The largest absolute Gasteiger partial charge is 0.481 e. The maximum absolute atomic E-state index is 17.0. The molecule has 0 unspecified atom stereocenters. The average Bonchev–Trinajstić information content (AvgIpc) is 3.57. The third-order valence-corrected chi connectivity index (χ3v) is 9.21. The Labute approximate surface area is 262 Å². The Hall–Kier alpha value is -3.86. The minimum Gasteiger partial charge on any atom is -0.481 e. The molecule has 0 aliphatic carbocycles. The van der Waals surface area contributed by atoms with Crippen molar-refractivity contribution in [2.45, 2.75) is 77.0 Å². The molecule has 0 saturated carbocycles. The van der Waals surface area contributed by atoms with Gasteiger partial charge in [-0.3, -0.25) is 19.8 Å². The van der Waals surface area contributed by atoms with Gasteiger partial charge in [-0.05, 0) is 68.4 Å². The first-order valence-electron chi connectivity index (χ1n) is 15.5. The average molecular weight is 626 g/mol. The molecular formula is C34H42F3N5O3. The molecule has 0 bridgehead atoms. The highest BCUT2D eigenvalue weighted by Crippen LogP contribution is 2.43. The molecule has 1 amide bonds. The number of carboxylic acids is 1. The van der Waals surface area contributed by atoms with Gasteiger partial charge in [-0.2, -0.15) is 0 Å². The van der Waals surface area contributed by atoms with Gasteiger partial charge in [-0.15, -0.1) is 0 Å².